The van der Waals surface area contributed by atoms with Crippen molar-refractivity contribution >= 4 is 17.9 Å². The number of nitrogens with one attached hydrogen (secondary N) is 1. The number of hydrogen-bond acceptors (Lipinski definition) is 4. The number of piperazine rings is 1. The number of likely N-dealkylation sites (tertiary alicyclic amines) is 1. The minimum atomic E-state index is 0.654. The van der Waals surface area contributed by atoms with Crippen LogP contribution in [0.4, 0.5) is 5.82 Å². The van der Waals surface area contributed by atoms with Crippen LogP contribution in [0.25, 0.3) is 6.08 Å². The van der Waals surface area contributed by atoms with Crippen molar-refractivity contribution < 1.29 is 0 Å². The molecule has 0 unspecified atom stereocenters. The van der Waals surface area contributed by atoms with Gasteiger partial charge in [0.05, 0.1) is 6.54 Å². The van der Waals surface area contributed by atoms with E-state index < -0.39 is 0 Å². The molecule has 3 heterocycles. The van der Waals surface area contributed by atoms with Gasteiger partial charge in [-0.2, -0.15) is 0 Å². The maximum Gasteiger partial charge on any atom is 0.194 e. The van der Waals surface area contributed by atoms with Crippen molar-refractivity contribution in [2.75, 3.05) is 57.8 Å². The fourth-order valence-corrected chi connectivity index (χ4v) is 4.38. The summed E-state index contributed by atoms with van der Waals surface area (Å²) in [5, 5.41) is 3.51. The Bertz CT molecular complexity index is 905. The second-order valence-electron chi connectivity index (χ2n) is 8.65. The van der Waals surface area contributed by atoms with Gasteiger partial charge in [-0.25, -0.2) is 9.98 Å². The van der Waals surface area contributed by atoms with Gasteiger partial charge in [-0.15, -0.1) is 0 Å². The van der Waals surface area contributed by atoms with Gasteiger partial charge in [0.2, 0.25) is 0 Å². The van der Waals surface area contributed by atoms with E-state index in [4.69, 9.17) is 9.98 Å². The van der Waals surface area contributed by atoms with Gasteiger partial charge in [0, 0.05) is 57.6 Å². The van der Waals surface area contributed by atoms with Crippen molar-refractivity contribution in [2.45, 2.75) is 26.3 Å². The average molecular weight is 433 g/mol. The largest absolute Gasteiger partial charge is 0.357 e. The van der Waals surface area contributed by atoms with Crippen LogP contribution < -0.4 is 10.2 Å². The third-order valence-electron chi connectivity index (χ3n) is 6.28. The van der Waals surface area contributed by atoms with E-state index in [9.17, 15) is 0 Å². The van der Waals surface area contributed by atoms with Crippen molar-refractivity contribution in [1.82, 2.24) is 20.1 Å². The highest BCUT2D eigenvalue weighted by molar-refractivity contribution is 5.80. The van der Waals surface area contributed by atoms with Gasteiger partial charge in [-0.05, 0) is 38.4 Å². The molecule has 6 nitrogen and oxygen atoms in total. The quantitative estimate of drug-likeness (QED) is 0.579. The lowest BCUT2D eigenvalue weighted by molar-refractivity contribution is 0.312. The summed E-state index contributed by atoms with van der Waals surface area (Å²) in [7, 11) is 2.18. The van der Waals surface area contributed by atoms with E-state index in [1.54, 1.807) is 0 Å². The SMILES string of the molecule is CCNC(=NCc1cccnc1N1CCN(C)CC1)N1CCC(=Cc2ccccc2)CC1. The number of benzene rings is 1. The third kappa shape index (κ3) is 5.88. The first-order valence-electron chi connectivity index (χ1n) is 11.9. The number of guanidine groups is 1. The molecule has 170 valence electrons. The van der Waals surface area contributed by atoms with Crippen LogP contribution in [0, 0.1) is 0 Å². The van der Waals surface area contributed by atoms with Gasteiger partial charge in [0.1, 0.15) is 5.82 Å². The molecule has 2 aliphatic heterocycles. The molecular weight excluding hydrogens is 396 g/mol. The van der Waals surface area contributed by atoms with E-state index in [1.807, 2.05) is 12.3 Å². The normalized spacial score (nSPS) is 18.1. The van der Waals surface area contributed by atoms with Crippen LogP contribution in [-0.2, 0) is 6.54 Å². The van der Waals surface area contributed by atoms with Crippen molar-refractivity contribution in [3.63, 3.8) is 0 Å². The van der Waals surface area contributed by atoms with Gasteiger partial charge in [0.15, 0.2) is 5.96 Å². The number of anilines is 1. The summed E-state index contributed by atoms with van der Waals surface area (Å²) in [5.74, 6) is 2.10. The zero-order valence-corrected chi connectivity index (χ0v) is 19.5. The molecule has 0 spiro atoms. The van der Waals surface area contributed by atoms with E-state index in [0.29, 0.717) is 6.54 Å². The van der Waals surface area contributed by atoms with Gasteiger partial charge < -0.3 is 20.0 Å². The van der Waals surface area contributed by atoms with Gasteiger partial charge in [-0.1, -0.05) is 48.0 Å². The standard InChI is InChI=1S/C26H36N6/c1-3-27-26(32-14-11-23(12-15-32)20-22-8-5-4-6-9-22)29-21-24-10-7-13-28-25(24)31-18-16-30(2)17-19-31/h4-10,13,20H,3,11-12,14-19,21H2,1-2H3,(H,27,29). The van der Waals surface area contributed by atoms with Crippen LogP contribution >= 0.6 is 0 Å². The van der Waals surface area contributed by atoms with E-state index >= 15 is 0 Å². The van der Waals surface area contributed by atoms with Crippen molar-refractivity contribution in [3.8, 4) is 0 Å². The molecule has 2 saturated heterocycles. The van der Waals surface area contributed by atoms with Crippen LogP contribution in [0.2, 0.25) is 0 Å². The number of rotatable bonds is 5. The minimum Gasteiger partial charge on any atom is -0.357 e. The number of aliphatic imine (C=N–C) groups is 1. The number of pyridine rings is 1. The lowest BCUT2D eigenvalue weighted by Crippen LogP contribution is -2.45. The molecule has 0 radical (unpaired) electrons. The van der Waals surface area contributed by atoms with Gasteiger partial charge in [0.25, 0.3) is 0 Å². The molecule has 0 amide bonds. The Balaban J connectivity index is 1.42. The topological polar surface area (TPSA) is 47.0 Å². The van der Waals surface area contributed by atoms with E-state index in [2.05, 4.69) is 76.5 Å². The van der Waals surface area contributed by atoms with Crippen LogP contribution in [-0.4, -0.2) is 73.6 Å². The Morgan fingerprint density at radius 2 is 1.75 bits per heavy atom. The van der Waals surface area contributed by atoms with E-state index in [1.165, 1.54) is 16.7 Å². The average Bonchev–Trinajstić information content (AvgIpc) is 2.84. The molecule has 1 aromatic heterocycles. The van der Waals surface area contributed by atoms with Crippen LogP contribution in [0.15, 0.2) is 59.2 Å². The summed E-state index contributed by atoms with van der Waals surface area (Å²) >= 11 is 0. The zero-order chi connectivity index (χ0) is 22.2. The first kappa shape index (κ1) is 22.3. The minimum absolute atomic E-state index is 0.654. The summed E-state index contributed by atoms with van der Waals surface area (Å²) in [6.07, 6.45) is 6.41. The van der Waals surface area contributed by atoms with Crippen molar-refractivity contribution in [1.29, 1.82) is 0 Å². The predicted molar refractivity (Wildman–Crippen MR) is 134 cm³/mol. The highest BCUT2D eigenvalue weighted by Gasteiger charge is 2.20. The summed E-state index contributed by atoms with van der Waals surface area (Å²) in [4.78, 5) is 16.9. The van der Waals surface area contributed by atoms with E-state index in [-0.39, 0.29) is 0 Å². The maximum atomic E-state index is 5.02. The van der Waals surface area contributed by atoms with Crippen LogP contribution in [0.1, 0.15) is 30.9 Å². The molecule has 0 saturated carbocycles. The Hall–Kier alpha value is -2.86. The molecule has 1 aromatic carbocycles. The number of piperidine rings is 1. The molecule has 2 aromatic rings. The molecular formula is C26H36N6. The monoisotopic (exact) mass is 432 g/mol. The predicted octanol–water partition coefficient (Wildman–Crippen LogP) is 3.48. The molecule has 4 rings (SSSR count). The molecule has 1 N–H and O–H groups in total. The Morgan fingerprint density at radius 1 is 1.00 bits per heavy atom. The Kier molecular flexibility index (Phi) is 7.77. The summed E-state index contributed by atoms with van der Waals surface area (Å²) in [6, 6.07) is 14.8. The number of aromatic nitrogens is 1. The van der Waals surface area contributed by atoms with Crippen LogP contribution in [0.5, 0.6) is 0 Å². The van der Waals surface area contributed by atoms with Crippen LogP contribution in [0.3, 0.4) is 0 Å². The molecule has 2 aliphatic rings. The number of nitrogens with zero attached hydrogens (tertiary/aromatic N) is 5. The lowest BCUT2D eigenvalue weighted by Gasteiger charge is -2.34. The summed E-state index contributed by atoms with van der Waals surface area (Å²) < 4.78 is 0. The van der Waals surface area contributed by atoms with Crippen molar-refractivity contribution in [2.24, 2.45) is 4.99 Å². The molecule has 2 fully saturated rings. The molecule has 0 aliphatic carbocycles. The fraction of sp³-hybridized carbons (Fsp3) is 0.462. The lowest BCUT2D eigenvalue weighted by atomic mass is 10.0. The third-order valence-corrected chi connectivity index (χ3v) is 6.28. The molecule has 6 heteroatoms. The first-order chi connectivity index (χ1) is 15.7. The highest BCUT2D eigenvalue weighted by Crippen LogP contribution is 2.22. The summed E-state index contributed by atoms with van der Waals surface area (Å²) in [5.41, 5.74) is 4.02. The molecule has 32 heavy (non-hydrogen) atoms. The summed E-state index contributed by atoms with van der Waals surface area (Å²) in [6.45, 7) is 9.87. The molecule has 0 atom stereocenters. The Labute approximate surface area is 192 Å². The van der Waals surface area contributed by atoms with E-state index in [0.717, 1.165) is 70.4 Å². The number of likely N-dealkylation sites (N-methyl/N-ethyl adjacent to an activating group) is 1. The first-order valence-corrected chi connectivity index (χ1v) is 11.9. The van der Waals surface area contributed by atoms with Crippen molar-refractivity contribution in [3.05, 3.63) is 65.4 Å². The van der Waals surface area contributed by atoms with Gasteiger partial charge >= 0.3 is 0 Å². The zero-order valence-electron chi connectivity index (χ0n) is 19.5. The van der Waals surface area contributed by atoms with Gasteiger partial charge in [-0.3, -0.25) is 0 Å². The number of hydrogen-bond donors (Lipinski definition) is 1. The fourth-order valence-electron chi connectivity index (χ4n) is 4.38. The smallest absolute Gasteiger partial charge is 0.194 e. The second-order valence-corrected chi connectivity index (χ2v) is 8.65. The highest BCUT2D eigenvalue weighted by atomic mass is 15.3. The maximum absolute atomic E-state index is 5.02. The molecule has 0 bridgehead atoms. The Morgan fingerprint density at radius 3 is 2.47 bits per heavy atom. The second kappa shape index (κ2) is 11.1.